The highest BCUT2D eigenvalue weighted by atomic mass is 19.1. The first-order chi connectivity index (χ1) is 15.0. The zero-order valence-corrected chi connectivity index (χ0v) is 17.9. The molecule has 0 bridgehead atoms. The van der Waals surface area contributed by atoms with Crippen molar-refractivity contribution in [3.05, 3.63) is 94.7 Å². The molecular weight excluding hydrogens is 395 g/mol. The van der Waals surface area contributed by atoms with Crippen molar-refractivity contribution in [2.75, 3.05) is 7.05 Å². The van der Waals surface area contributed by atoms with Gasteiger partial charge in [0.05, 0.1) is 18.8 Å². The maximum absolute atomic E-state index is 13.9. The first kappa shape index (κ1) is 22.1. The van der Waals surface area contributed by atoms with Gasteiger partial charge in [0.25, 0.3) is 5.91 Å². The van der Waals surface area contributed by atoms with Gasteiger partial charge in [0.1, 0.15) is 11.6 Å². The highest BCUT2D eigenvalue weighted by Gasteiger charge is 2.11. The number of halogens is 1. The number of aryl methyl sites for hydroxylation is 1. The predicted molar refractivity (Wildman–Crippen MR) is 119 cm³/mol. The average Bonchev–Trinajstić information content (AvgIpc) is 3.30. The lowest BCUT2D eigenvalue weighted by Gasteiger charge is -2.19. The Morgan fingerprint density at radius 3 is 2.65 bits per heavy atom. The monoisotopic (exact) mass is 422 g/mol. The van der Waals surface area contributed by atoms with Crippen molar-refractivity contribution in [2.24, 2.45) is 4.99 Å². The smallest absolute Gasteiger partial charge is 0.251 e. The molecular formula is C24H27FN4O2. The summed E-state index contributed by atoms with van der Waals surface area (Å²) in [6, 6.07) is 16.0. The quantitative estimate of drug-likeness (QED) is 0.396. The van der Waals surface area contributed by atoms with E-state index < -0.39 is 0 Å². The average molecular weight is 423 g/mol. The van der Waals surface area contributed by atoms with Gasteiger partial charge >= 0.3 is 0 Å². The number of guanidine groups is 1. The third kappa shape index (κ3) is 6.18. The summed E-state index contributed by atoms with van der Waals surface area (Å²) in [4.78, 5) is 16.6. The molecule has 0 aliphatic rings. The number of amides is 1. The van der Waals surface area contributed by atoms with E-state index in [1.807, 2.05) is 37.3 Å². The van der Waals surface area contributed by atoms with Crippen LogP contribution in [0.4, 0.5) is 4.39 Å². The van der Waals surface area contributed by atoms with E-state index in [9.17, 15) is 9.18 Å². The fourth-order valence-electron chi connectivity index (χ4n) is 3.05. The van der Waals surface area contributed by atoms with Crippen molar-refractivity contribution >= 4 is 11.9 Å². The zero-order chi connectivity index (χ0) is 22.2. The summed E-state index contributed by atoms with van der Waals surface area (Å²) in [6.45, 7) is 4.50. The van der Waals surface area contributed by atoms with Gasteiger partial charge in [0.15, 0.2) is 5.96 Å². The van der Waals surface area contributed by atoms with Crippen LogP contribution in [0.15, 0.2) is 70.3 Å². The van der Waals surface area contributed by atoms with Crippen LogP contribution in [0.2, 0.25) is 0 Å². The maximum atomic E-state index is 13.9. The van der Waals surface area contributed by atoms with Gasteiger partial charge < -0.3 is 20.4 Å². The lowest BCUT2D eigenvalue weighted by atomic mass is 10.1. The Kier molecular flexibility index (Phi) is 7.43. The molecule has 162 valence electrons. The van der Waals surface area contributed by atoms with Crippen molar-refractivity contribution in [1.29, 1.82) is 0 Å². The minimum Gasteiger partial charge on any atom is -0.467 e. The lowest BCUT2D eigenvalue weighted by molar-refractivity contribution is 0.0948. The fourth-order valence-corrected chi connectivity index (χ4v) is 3.05. The van der Waals surface area contributed by atoms with Crippen molar-refractivity contribution < 1.29 is 13.6 Å². The van der Waals surface area contributed by atoms with E-state index in [-0.39, 0.29) is 17.8 Å². The Balaban J connectivity index is 1.55. The Bertz CT molecular complexity index is 1050. The van der Waals surface area contributed by atoms with Crippen LogP contribution in [-0.4, -0.2) is 18.9 Å². The summed E-state index contributed by atoms with van der Waals surface area (Å²) < 4.78 is 19.1. The molecule has 1 aromatic heterocycles. The minimum atomic E-state index is -0.226. The van der Waals surface area contributed by atoms with Crippen LogP contribution in [0, 0.1) is 12.7 Å². The summed E-state index contributed by atoms with van der Waals surface area (Å²) in [5.74, 6) is 0.886. The van der Waals surface area contributed by atoms with E-state index in [0.29, 0.717) is 35.9 Å². The second-order valence-corrected chi connectivity index (χ2v) is 7.26. The molecule has 0 aliphatic carbocycles. The third-order valence-corrected chi connectivity index (χ3v) is 4.93. The Hall–Kier alpha value is -3.61. The first-order valence-corrected chi connectivity index (χ1v) is 10.1. The van der Waals surface area contributed by atoms with E-state index in [1.165, 1.54) is 6.07 Å². The zero-order valence-electron chi connectivity index (χ0n) is 17.9. The van der Waals surface area contributed by atoms with Gasteiger partial charge in [-0.1, -0.05) is 24.3 Å². The summed E-state index contributed by atoms with van der Waals surface area (Å²) in [5.41, 5.74) is 2.95. The molecule has 1 amide bonds. The van der Waals surface area contributed by atoms with E-state index in [4.69, 9.17) is 4.42 Å². The number of carbonyl (C=O) groups excluding carboxylic acids is 1. The second-order valence-electron chi connectivity index (χ2n) is 7.26. The fraction of sp³-hybridized carbons (Fsp3) is 0.250. The van der Waals surface area contributed by atoms with Gasteiger partial charge in [-0.2, -0.15) is 0 Å². The molecule has 0 saturated heterocycles. The molecule has 1 atom stereocenters. The minimum absolute atomic E-state index is 0.125. The number of hydrogen-bond acceptors (Lipinski definition) is 3. The number of aliphatic imine (C=N–C) groups is 1. The lowest BCUT2D eigenvalue weighted by Crippen LogP contribution is -2.38. The molecule has 3 N–H and O–H groups in total. The third-order valence-electron chi connectivity index (χ3n) is 4.93. The van der Waals surface area contributed by atoms with Crippen molar-refractivity contribution in [3.8, 4) is 0 Å². The normalized spacial score (nSPS) is 12.3. The first-order valence-electron chi connectivity index (χ1n) is 10.1. The topological polar surface area (TPSA) is 78.7 Å². The van der Waals surface area contributed by atoms with Crippen LogP contribution in [0.1, 0.15) is 45.8 Å². The van der Waals surface area contributed by atoms with Crippen LogP contribution in [0.5, 0.6) is 0 Å². The largest absolute Gasteiger partial charge is 0.467 e. The SMILES string of the molecule is CN=C(NCc1cccc(C(=O)NCc2ccco2)c1)NC(C)c1ccc(C)c(F)c1. The molecule has 0 saturated carbocycles. The summed E-state index contributed by atoms with van der Waals surface area (Å²) in [5, 5.41) is 9.32. The Morgan fingerprint density at radius 1 is 1.10 bits per heavy atom. The standard InChI is InChI=1S/C24H27FN4O2/c1-16-9-10-19(13-22(16)25)17(2)29-24(26-3)28-14-18-6-4-7-20(12-18)23(30)27-15-21-8-5-11-31-21/h4-13,17H,14-15H2,1-3H3,(H,27,30)(H2,26,28,29). The number of rotatable bonds is 7. The van der Waals surface area contributed by atoms with Gasteiger partial charge in [-0.3, -0.25) is 9.79 Å². The molecule has 1 unspecified atom stereocenters. The van der Waals surface area contributed by atoms with Gasteiger partial charge in [-0.25, -0.2) is 4.39 Å². The molecule has 3 aromatic rings. The molecule has 3 rings (SSSR count). The van der Waals surface area contributed by atoms with Crippen LogP contribution in [-0.2, 0) is 13.1 Å². The van der Waals surface area contributed by atoms with Gasteiger partial charge in [0, 0.05) is 19.2 Å². The van der Waals surface area contributed by atoms with Gasteiger partial charge in [-0.05, 0) is 60.9 Å². The van der Waals surface area contributed by atoms with Gasteiger partial charge in [0.2, 0.25) is 0 Å². The number of nitrogens with zero attached hydrogens (tertiary/aromatic N) is 1. The van der Waals surface area contributed by atoms with E-state index >= 15 is 0 Å². The number of hydrogen-bond donors (Lipinski definition) is 3. The highest BCUT2D eigenvalue weighted by molar-refractivity contribution is 5.94. The number of benzene rings is 2. The van der Waals surface area contributed by atoms with Crippen LogP contribution >= 0.6 is 0 Å². The van der Waals surface area contributed by atoms with E-state index in [2.05, 4.69) is 20.9 Å². The van der Waals surface area contributed by atoms with Crippen LogP contribution in [0.25, 0.3) is 0 Å². The molecule has 1 heterocycles. The number of nitrogens with one attached hydrogen (secondary N) is 3. The number of carbonyl (C=O) groups is 1. The predicted octanol–water partition coefficient (Wildman–Crippen LogP) is 4.08. The second kappa shape index (κ2) is 10.4. The maximum Gasteiger partial charge on any atom is 0.251 e. The van der Waals surface area contributed by atoms with Gasteiger partial charge in [-0.15, -0.1) is 0 Å². The summed E-state index contributed by atoms with van der Waals surface area (Å²) >= 11 is 0. The van der Waals surface area contributed by atoms with Crippen LogP contribution < -0.4 is 16.0 Å². The molecule has 6 nitrogen and oxygen atoms in total. The van der Waals surface area contributed by atoms with E-state index in [0.717, 1.165) is 11.1 Å². The highest BCUT2D eigenvalue weighted by Crippen LogP contribution is 2.16. The Labute approximate surface area is 181 Å². The van der Waals surface area contributed by atoms with E-state index in [1.54, 1.807) is 38.4 Å². The molecule has 31 heavy (non-hydrogen) atoms. The molecule has 0 aliphatic heterocycles. The van der Waals surface area contributed by atoms with Crippen molar-refractivity contribution in [1.82, 2.24) is 16.0 Å². The molecule has 7 heteroatoms. The Morgan fingerprint density at radius 2 is 1.94 bits per heavy atom. The molecule has 0 radical (unpaired) electrons. The molecule has 2 aromatic carbocycles. The summed E-state index contributed by atoms with van der Waals surface area (Å²) in [6.07, 6.45) is 1.57. The number of furan rings is 1. The summed E-state index contributed by atoms with van der Waals surface area (Å²) in [7, 11) is 1.68. The van der Waals surface area contributed by atoms with Crippen LogP contribution in [0.3, 0.4) is 0 Å². The van der Waals surface area contributed by atoms with Crippen molar-refractivity contribution in [2.45, 2.75) is 33.0 Å². The van der Waals surface area contributed by atoms with Crippen molar-refractivity contribution in [3.63, 3.8) is 0 Å². The molecule has 0 spiro atoms. The molecule has 0 fully saturated rings.